The molecule has 0 unspecified atom stereocenters. The van der Waals surface area contributed by atoms with Gasteiger partial charge in [0.25, 0.3) is 5.56 Å². The second-order valence-corrected chi connectivity index (χ2v) is 5.27. The number of nitrogens with zero attached hydrogens (tertiary/aromatic N) is 1. The van der Waals surface area contributed by atoms with Crippen molar-refractivity contribution in [2.24, 2.45) is 5.92 Å². The average molecular weight is 244 g/mol. The molecule has 0 bridgehead atoms. The molecule has 0 amide bonds. The van der Waals surface area contributed by atoms with Gasteiger partial charge in [-0.1, -0.05) is 19.8 Å². The molecular formula is C15H20N2O. The molecule has 96 valence electrons. The molecule has 1 aromatic rings. The van der Waals surface area contributed by atoms with Crippen LogP contribution in [0.15, 0.2) is 16.9 Å². The molecule has 0 aromatic carbocycles. The Kier molecular flexibility index (Phi) is 4.19. The van der Waals surface area contributed by atoms with Gasteiger partial charge >= 0.3 is 0 Å². The Morgan fingerprint density at radius 1 is 1.33 bits per heavy atom. The Bertz CT molecular complexity index is 490. The van der Waals surface area contributed by atoms with E-state index < -0.39 is 0 Å². The third-order valence-corrected chi connectivity index (χ3v) is 4.04. The number of nitrogens with one attached hydrogen (secondary N) is 1. The van der Waals surface area contributed by atoms with Crippen molar-refractivity contribution in [1.82, 2.24) is 4.98 Å². The van der Waals surface area contributed by atoms with Crippen molar-refractivity contribution >= 4 is 0 Å². The lowest BCUT2D eigenvalue weighted by molar-refractivity contribution is 0.305. The van der Waals surface area contributed by atoms with Gasteiger partial charge in [-0.15, -0.1) is 0 Å². The molecule has 2 rings (SSSR count). The molecule has 0 atom stereocenters. The minimum absolute atomic E-state index is 0.207. The molecule has 1 N–H and O–H groups in total. The maximum absolute atomic E-state index is 11.6. The third kappa shape index (κ3) is 2.81. The summed E-state index contributed by atoms with van der Waals surface area (Å²) in [5, 5.41) is 8.74. The summed E-state index contributed by atoms with van der Waals surface area (Å²) in [7, 11) is 0. The maximum Gasteiger partial charge on any atom is 0.266 e. The molecule has 3 heteroatoms. The van der Waals surface area contributed by atoms with Crippen molar-refractivity contribution in [2.45, 2.75) is 51.4 Å². The number of aromatic nitrogens is 1. The van der Waals surface area contributed by atoms with Crippen molar-refractivity contribution in [1.29, 1.82) is 5.26 Å². The standard InChI is InChI=1S/C15H20N2O/c1-2-3-11-4-6-12(7-5-11)14-9-8-13(10-16)15(18)17-14/h8-9,11-12H,2-7H2,1H3,(H,17,18). The van der Waals surface area contributed by atoms with Crippen molar-refractivity contribution in [3.8, 4) is 6.07 Å². The molecule has 1 aliphatic carbocycles. The van der Waals surface area contributed by atoms with Crippen LogP contribution >= 0.6 is 0 Å². The first-order valence-corrected chi connectivity index (χ1v) is 6.88. The molecule has 0 radical (unpaired) electrons. The topological polar surface area (TPSA) is 56.6 Å². The van der Waals surface area contributed by atoms with Crippen LogP contribution in [0.3, 0.4) is 0 Å². The molecule has 0 spiro atoms. The van der Waals surface area contributed by atoms with E-state index in [0.717, 1.165) is 24.5 Å². The van der Waals surface area contributed by atoms with E-state index in [-0.39, 0.29) is 11.1 Å². The van der Waals surface area contributed by atoms with Gasteiger partial charge in [0.15, 0.2) is 0 Å². The number of H-pyrrole nitrogens is 1. The molecule has 1 fully saturated rings. The first kappa shape index (κ1) is 12.9. The lowest BCUT2D eigenvalue weighted by atomic mass is 9.78. The number of aromatic amines is 1. The van der Waals surface area contributed by atoms with Crippen LogP contribution in [0.4, 0.5) is 0 Å². The van der Waals surface area contributed by atoms with Gasteiger partial charge in [-0.2, -0.15) is 5.26 Å². The molecule has 3 nitrogen and oxygen atoms in total. The van der Waals surface area contributed by atoms with Crippen LogP contribution in [0.1, 0.15) is 62.6 Å². The lowest BCUT2D eigenvalue weighted by Crippen LogP contribution is -2.18. The number of nitriles is 1. The highest BCUT2D eigenvalue weighted by molar-refractivity contribution is 5.27. The molecule has 1 aliphatic rings. The van der Waals surface area contributed by atoms with Gasteiger partial charge < -0.3 is 4.98 Å². The first-order chi connectivity index (χ1) is 8.74. The summed E-state index contributed by atoms with van der Waals surface area (Å²) in [6.45, 7) is 2.24. The number of pyridine rings is 1. The molecule has 1 heterocycles. The summed E-state index contributed by atoms with van der Waals surface area (Å²) in [5.41, 5.74) is 0.970. The van der Waals surface area contributed by atoms with E-state index in [1.807, 2.05) is 12.1 Å². The van der Waals surface area contributed by atoms with Crippen LogP contribution in [-0.2, 0) is 0 Å². The number of hydrogen-bond donors (Lipinski definition) is 1. The minimum Gasteiger partial charge on any atom is -0.325 e. The number of hydrogen-bond acceptors (Lipinski definition) is 2. The Balaban J connectivity index is 2.04. The zero-order valence-corrected chi connectivity index (χ0v) is 10.9. The SMILES string of the molecule is CCCC1CCC(c2ccc(C#N)c(=O)[nH]2)CC1. The fraction of sp³-hybridized carbons (Fsp3) is 0.600. The summed E-state index contributed by atoms with van der Waals surface area (Å²) >= 11 is 0. The second-order valence-electron chi connectivity index (χ2n) is 5.27. The molecule has 0 saturated heterocycles. The summed E-state index contributed by atoms with van der Waals surface area (Å²) in [6.07, 6.45) is 7.44. The predicted octanol–water partition coefficient (Wildman–Crippen LogP) is 3.32. The Labute approximate surface area is 108 Å². The van der Waals surface area contributed by atoms with Crippen LogP contribution in [0.5, 0.6) is 0 Å². The molecule has 1 saturated carbocycles. The Morgan fingerprint density at radius 3 is 2.61 bits per heavy atom. The Morgan fingerprint density at radius 2 is 2.06 bits per heavy atom. The monoisotopic (exact) mass is 244 g/mol. The van der Waals surface area contributed by atoms with Gasteiger partial charge in [-0.05, 0) is 49.7 Å². The molecular weight excluding hydrogens is 224 g/mol. The van der Waals surface area contributed by atoms with Crippen LogP contribution in [-0.4, -0.2) is 4.98 Å². The van der Waals surface area contributed by atoms with Gasteiger partial charge in [-0.3, -0.25) is 4.79 Å². The normalized spacial score (nSPS) is 23.6. The Hall–Kier alpha value is -1.56. The summed E-state index contributed by atoms with van der Waals surface area (Å²) in [5.74, 6) is 1.34. The van der Waals surface area contributed by atoms with E-state index in [0.29, 0.717) is 5.92 Å². The second kappa shape index (κ2) is 5.86. The van der Waals surface area contributed by atoms with E-state index >= 15 is 0 Å². The third-order valence-electron chi connectivity index (χ3n) is 4.04. The van der Waals surface area contributed by atoms with E-state index in [1.54, 1.807) is 6.07 Å². The average Bonchev–Trinajstić information content (AvgIpc) is 2.40. The first-order valence-electron chi connectivity index (χ1n) is 6.88. The van der Waals surface area contributed by atoms with E-state index in [9.17, 15) is 4.79 Å². The zero-order chi connectivity index (χ0) is 13.0. The lowest BCUT2D eigenvalue weighted by Gasteiger charge is -2.28. The fourth-order valence-corrected chi connectivity index (χ4v) is 2.99. The fourth-order valence-electron chi connectivity index (χ4n) is 2.99. The van der Waals surface area contributed by atoms with Gasteiger partial charge in [0, 0.05) is 5.69 Å². The van der Waals surface area contributed by atoms with Gasteiger partial charge in [0.1, 0.15) is 11.6 Å². The van der Waals surface area contributed by atoms with E-state index in [1.165, 1.54) is 25.7 Å². The summed E-state index contributed by atoms with van der Waals surface area (Å²) in [4.78, 5) is 14.5. The van der Waals surface area contributed by atoms with Crippen molar-refractivity contribution < 1.29 is 0 Å². The highest BCUT2D eigenvalue weighted by atomic mass is 16.1. The number of rotatable bonds is 3. The zero-order valence-electron chi connectivity index (χ0n) is 10.9. The van der Waals surface area contributed by atoms with Crippen LogP contribution in [0.25, 0.3) is 0 Å². The largest absolute Gasteiger partial charge is 0.325 e. The van der Waals surface area contributed by atoms with Crippen molar-refractivity contribution in [3.05, 3.63) is 33.7 Å². The molecule has 18 heavy (non-hydrogen) atoms. The minimum atomic E-state index is -0.245. The van der Waals surface area contributed by atoms with Crippen LogP contribution in [0.2, 0.25) is 0 Å². The molecule has 0 aliphatic heterocycles. The van der Waals surface area contributed by atoms with E-state index in [4.69, 9.17) is 5.26 Å². The van der Waals surface area contributed by atoms with Crippen molar-refractivity contribution in [3.63, 3.8) is 0 Å². The maximum atomic E-state index is 11.6. The quantitative estimate of drug-likeness (QED) is 0.886. The van der Waals surface area contributed by atoms with E-state index in [2.05, 4.69) is 11.9 Å². The predicted molar refractivity (Wildman–Crippen MR) is 71.4 cm³/mol. The van der Waals surface area contributed by atoms with Gasteiger partial charge in [0.2, 0.25) is 0 Å². The summed E-state index contributed by atoms with van der Waals surface area (Å²) in [6, 6.07) is 5.46. The van der Waals surface area contributed by atoms with Crippen molar-refractivity contribution in [2.75, 3.05) is 0 Å². The smallest absolute Gasteiger partial charge is 0.266 e. The van der Waals surface area contributed by atoms with Gasteiger partial charge in [0.05, 0.1) is 0 Å². The summed E-state index contributed by atoms with van der Waals surface area (Å²) < 4.78 is 0. The highest BCUT2D eigenvalue weighted by Crippen LogP contribution is 2.36. The van der Waals surface area contributed by atoms with Crippen LogP contribution in [0, 0.1) is 17.2 Å². The molecule has 1 aromatic heterocycles. The van der Waals surface area contributed by atoms with Crippen LogP contribution < -0.4 is 5.56 Å². The van der Waals surface area contributed by atoms with Gasteiger partial charge in [-0.25, -0.2) is 0 Å². The highest BCUT2D eigenvalue weighted by Gasteiger charge is 2.22.